The van der Waals surface area contributed by atoms with Crippen LogP contribution in [0.3, 0.4) is 0 Å². The second kappa shape index (κ2) is 11.5. The molecule has 0 bridgehead atoms. The van der Waals surface area contributed by atoms with Gasteiger partial charge >= 0.3 is 6.18 Å². The van der Waals surface area contributed by atoms with Gasteiger partial charge in [0.25, 0.3) is 0 Å². The predicted octanol–water partition coefficient (Wildman–Crippen LogP) is 5.20. The summed E-state index contributed by atoms with van der Waals surface area (Å²) in [5, 5.41) is 6.80. The SMILES string of the molecule is CC(C)(C)C[C@H](NCC1CCCCC1)C(=O)N[C@H]1CC[C@@H]2CN(S(=O)(=O)c3ccc(C(F)(F)F)cc3)C[C@@H]21. The van der Waals surface area contributed by atoms with Gasteiger partial charge < -0.3 is 10.6 Å². The van der Waals surface area contributed by atoms with Crippen LogP contribution in [-0.4, -0.2) is 50.3 Å². The summed E-state index contributed by atoms with van der Waals surface area (Å²) >= 11 is 0. The topological polar surface area (TPSA) is 78.5 Å². The number of alkyl halides is 3. The van der Waals surface area contributed by atoms with Crippen molar-refractivity contribution in [3.8, 4) is 0 Å². The zero-order chi connectivity index (χ0) is 27.7. The summed E-state index contributed by atoms with van der Waals surface area (Å²) in [4.78, 5) is 13.3. The number of halogens is 3. The molecule has 6 nitrogen and oxygen atoms in total. The standard InChI is InChI=1S/C28H42F3N3O3S/c1-27(2,3)15-25(32-16-19-7-5-4-6-8-19)26(35)33-24-14-9-20-17-34(18-23(20)24)38(36,37)22-12-10-21(11-13-22)28(29,30)31/h10-13,19-20,23-25,32H,4-9,14-18H2,1-3H3,(H,33,35)/t20-,23+,24+,25+/m1/s1. The number of hydrogen-bond donors (Lipinski definition) is 2. The molecule has 4 rings (SSSR count). The number of hydrogen-bond acceptors (Lipinski definition) is 4. The molecule has 214 valence electrons. The van der Waals surface area contributed by atoms with E-state index < -0.39 is 21.8 Å². The van der Waals surface area contributed by atoms with Gasteiger partial charge in [-0.3, -0.25) is 4.79 Å². The second-order valence-electron chi connectivity index (χ2n) is 12.7. The molecule has 1 aliphatic heterocycles. The number of benzene rings is 1. The van der Waals surface area contributed by atoms with Crippen LogP contribution in [0.25, 0.3) is 0 Å². The molecule has 1 aromatic rings. The quantitative estimate of drug-likeness (QED) is 0.461. The number of nitrogens with zero attached hydrogens (tertiary/aromatic N) is 1. The number of rotatable bonds is 8. The monoisotopic (exact) mass is 557 g/mol. The Morgan fingerprint density at radius 2 is 1.66 bits per heavy atom. The van der Waals surface area contributed by atoms with Crippen LogP contribution in [0.15, 0.2) is 29.2 Å². The van der Waals surface area contributed by atoms with E-state index in [0.717, 1.165) is 43.7 Å². The van der Waals surface area contributed by atoms with E-state index in [0.29, 0.717) is 18.9 Å². The highest BCUT2D eigenvalue weighted by Gasteiger charge is 2.47. The molecule has 0 aromatic heterocycles. The van der Waals surface area contributed by atoms with Crippen molar-refractivity contribution < 1.29 is 26.4 Å². The van der Waals surface area contributed by atoms with Gasteiger partial charge in [0.05, 0.1) is 16.5 Å². The highest BCUT2D eigenvalue weighted by Crippen LogP contribution is 2.40. The lowest BCUT2D eigenvalue weighted by Crippen LogP contribution is -2.51. The molecule has 38 heavy (non-hydrogen) atoms. The third-order valence-electron chi connectivity index (χ3n) is 8.48. The van der Waals surface area contributed by atoms with Crippen molar-refractivity contribution in [2.45, 2.75) is 95.3 Å². The van der Waals surface area contributed by atoms with E-state index in [9.17, 15) is 26.4 Å². The summed E-state index contributed by atoms with van der Waals surface area (Å²) < 4.78 is 66.5. The maximum atomic E-state index is 13.5. The predicted molar refractivity (Wildman–Crippen MR) is 141 cm³/mol. The normalized spacial score (nSPS) is 26.3. The maximum absolute atomic E-state index is 13.5. The second-order valence-corrected chi connectivity index (χ2v) is 14.6. The fourth-order valence-electron chi connectivity index (χ4n) is 6.42. The molecule has 1 heterocycles. The minimum absolute atomic E-state index is 0.00296. The van der Waals surface area contributed by atoms with Crippen molar-refractivity contribution >= 4 is 15.9 Å². The van der Waals surface area contributed by atoms with Crippen LogP contribution in [0.2, 0.25) is 0 Å². The van der Waals surface area contributed by atoms with Gasteiger partial charge in [0.1, 0.15) is 0 Å². The van der Waals surface area contributed by atoms with Crippen molar-refractivity contribution in [2.24, 2.45) is 23.2 Å². The van der Waals surface area contributed by atoms with Crippen LogP contribution >= 0.6 is 0 Å². The maximum Gasteiger partial charge on any atom is 0.416 e. The van der Waals surface area contributed by atoms with Gasteiger partial charge in [-0.1, -0.05) is 40.0 Å². The average Bonchev–Trinajstić information content (AvgIpc) is 3.44. The summed E-state index contributed by atoms with van der Waals surface area (Å²) in [5.74, 6) is 0.705. The summed E-state index contributed by atoms with van der Waals surface area (Å²) in [6.07, 6.45) is 4.00. The van der Waals surface area contributed by atoms with Gasteiger partial charge in [-0.05, 0) is 86.1 Å². The smallest absolute Gasteiger partial charge is 0.352 e. The summed E-state index contributed by atoms with van der Waals surface area (Å²) in [5.41, 5.74) is -0.904. The van der Waals surface area contributed by atoms with E-state index in [1.807, 2.05) is 0 Å². The van der Waals surface area contributed by atoms with Gasteiger partial charge in [0.15, 0.2) is 0 Å². The Bertz CT molecular complexity index is 1060. The van der Waals surface area contributed by atoms with Crippen molar-refractivity contribution in [1.82, 2.24) is 14.9 Å². The number of amides is 1. The minimum atomic E-state index is -4.52. The van der Waals surface area contributed by atoms with E-state index in [2.05, 4.69) is 31.4 Å². The molecule has 10 heteroatoms. The van der Waals surface area contributed by atoms with E-state index in [-0.39, 0.29) is 46.7 Å². The molecular formula is C28H42F3N3O3S. The lowest BCUT2D eigenvalue weighted by Gasteiger charge is -2.31. The molecule has 0 radical (unpaired) electrons. The number of nitrogens with one attached hydrogen (secondary N) is 2. The Balaban J connectivity index is 1.39. The minimum Gasteiger partial charge on any atom is -0.352 e. The Kier molecular flexibility index (Phi) is 8.84. The van der Waals surface area contributed by atoms with Crippen molar-refractivity contribution in [2.75, 3.05) is 19.6 Å². The highest BCUT2D eigenvalue weighted by atomic mass is 32.2. The zero-order valence-electron chi connectivity index (χ0n) is 22.7. The van der Waals surface area contributed by atoms with Crippen LogP contribution in [-0.2, 0) is 21.0 Å². The summed E-state index contributed by atoms with van der Waals surface area (Å²) in [6.45, 7) is 7.81. The van der Waals surface area contributed by atoms with Gasteiger partial charge in [0.2, 0.25) is 15.9 Å². The van der Waals surface area contributed by atoms with Crippen molar-refractivity contribution in [1.29, 1.82) is 0 Å². The van der Waals surface area contributed by atoms with Crippen molar-refractivity contribution in [3.05, 3.63) is 29.8 Å². The summed E-state index contributed by atoms with van der Waals surface area (Å²) in [6, 6.07) is 3.26. The lowest BCUT2D eigenvalue weighted by molar-refractivity contribution is -0.137. The molecule has 0 spiro atoms. The molecule has 3 fully saturated rings. The lowest BCUT2D eigenvalue weighted by atomic mass is 9.86. The van der Waals surface area contributed by atoms with Crippen LogP contribution < -0.4 is 10.6 Å². The van der Waals surface area contributed by atoms with Crippen LogP contribution in [0, 0.1) is 23.2 Å². The fourth-order valence-corrected chi connectivity index (χ4v) is 7.95. The molecule has 4 atom stereocenters. The first-order valence-electron chi connectivity index (χ1n) is 14.0. The third kappa shape index (κ3) is 7.10. The van der Waals surface area contributed by atoms with Crippen LogP contribution in [0.5, 0.6) is 0 Å². The first-order valence-corrected chi connectivity index (χ1v) is 15.4. The molecule has 1 aromatic carbocycles. The zero-order valence-corrected chi connectivity index (χ0v) is 23.5. The molecule has 2 saturated carbocycles. The Morgan fingerprint density at radius 1 is 1.00 bits per heavy atom. The van der Waals surface area contributed by atoms with Gasteiger partial charge in [-0.25, -0.2) is 8.42 Å². The van der Waals surface area contributed by atoms with Gasteiger partial charge in [-0.2, -0.15) is 17.5 Å². The van der Waals surface area contributed by atoms with Gasteiger partial charge in [-0.15, -0.1) is 0 Å². The van der Waals surface area contributed by atoms with Crippen LogP contribution in [0.4, 0.5) is 13.2 Å². The third-order valence-corrected chi connectivity index (χ3v) is 10.3. The molecule has 2 N–H and O–H groups in total. The Labute approximate surface area is 225 Å². The Hall–Kier alpha value is -1.65. The average molecular weight is 558 g/mol. The molecule has 3 aliphatic rings. The highest BCUT2D eigenvalue weighted by molar-refractivity contribution is 7.89. The molecule has 0 unspecified atom stereocenters. The van der Waals surface area contributed by atoms with E-state index in [1.165, 1.54) is 36.4 Å². The number of carbonyl (C=O) groups excluding carboxylic acids is 1. The first kappa shape index (κ1) is 29.3. The van der Waals surface area contributed by atoms with Crippen LogP contribution in [0.1, 0.15) is 77.7 Å². The number of carbonyl (C=O) groups is 1. The molecule has 2 aliphatic carbocycles. The van der Waals surface area contributed by atoms with Crippen molar-refractivity contribution in [3.63, 3.8) is 0 Å². The largest absolute Gasteiger partial charge is 0.416 e. The Morgan fingerprint density at radius 3 is 2.26 bits per heavy atom. The fraction of sp³-hybridized carbons (Fsp3) is 0.750. The number of sulfonamides is 1. The molecular weight excluding hydrogens is 515 g/mol. The van der Waals surface area contributed by atoms with E-state index in [1.54, 1.807) is 0 Å². The molecule has 1 amide bonds. The number of fused-ring (bicyclic) bond motifs is 1. The van der Waals surface area contributed by atoms with E-state index >= 15 is 0 Å². The van der Waals surface area contributed by atoms with Gasteiger partial charge in [0, 0.05) is 19.1 Å². The van der Waals surface area contributed by atoms with E-state index in [4.69, 9.17) is 0 Å². The summed E-state index contributed by atoms with van der Waals surface area (Å²) in [7, 11) is -3.92. The first-order chi connectivity index (χ1) is 17.7. The molecule has 1 saturated heterocycles.